The van der Waals surface area contributed by atoms with E-state index in [1.54, 1.807) is 0 Å². The van der Waals surface area contributed by atoms with E-state index >= 15 is 0 Å². The van der Waals surface area contributed by atoms with Crippen LogP contribution in [0.15, 0.2) is 30.3 Å². The number of aliphatic hydroxyl groups is 1. The molecule has 1 aromatic carbocycles. The van der Waals surface area contributed by atoms with Gasteiger partial charge in [-0.3, -0.25) is 10.1 Å². The number of nitro groups is 1. The standard InChI is InChI=1S/C16H20N2O3/c1-2-3-7-12-13(10-17(20)21)15-9-11-6-4-5-8-14(11)18(15)16(12)19/h4-6,8-9,12-13,16,19H,2-3,7,10H2,1H3/t12-,13+,16-/m0/s1. The summed E-state index contributed by atoms with van der Waals surface area (Å²) >= 11 is 0. The second-order valence-electron chi connectivity index (χ2n) is 5.84. The van der Waals surface area contributed by atoms with Gasteiger partial charge in [-0.25, -0.2) is 0 Å². The highest BCUT2D eigenvalue weighted by Gasteiger charge is 2.42. The molecule has 1 N–H and O–H groups in total. The zero-order chi connectivity index (χ0) is 15.0. The maximum absolute atomic E-state index is 11.0. The van der Waals surface area contributed by atoms with Gasteiger partial charge in [0.2, 0.25) is 6.54 Å². The number of aromatic nitrogens is 1. The van der Waals surface area contributed by atoms with E-state index in [1.807, 2.05) is 34.9 Å². The van der Waals surface area contributed by atoms with Crippen LogP contribution < -0.4 is 0 Å². The summed E-state index contributed by atoms with van der Waals surface area (Å²) < 4.78 is 1.89. The first-order valence-corrected chi connectivity index (χ1v) is 7.53. The van der Waals surface area contributed by atoms with Crippen molar-refractivity contribution in [2.45, 2.75) is 38.3 Å². The van der Waals surface area contributed by atoms with Crippen LogP contribution in [0.5, 0.6) is 0 Å². The Bertz CT molecular complexity index is 665. The average Bonchev–Trinajstić information content (AvgIpc) is 2.94. The van der Waals surface area contributed by atoms with E-state index in [-0.39, 0.29) is 23.3 Å². The monoisotopic (exact) mass is 288 g/mol. The summed E-state index contributed by atoms with van der Waals surface area (Å²) in [5, 5.41) is 22.7. The van der Waals surface area contributed by atoms with Crippen molar-refractivity contribution in [3.63, 3.8) is 0 Å². The van der Waals surface area contributed by atoms with Gasteiger partial charge in [-0.2, -0.15) is 0 Å². The molecule has 5 heteroatoms. The molecule has 1 aliphatic heterocycles. The smallest absolute Gasteiger partial charge is 0.212 e. The van der Waals surface area contributed by atoms with Crippen molar-refractivity contribution in [2.75, 3.05) is 6.54 Å². The number of hydrogen-bond acceptors (Lipinski definition) is 3. The molecule has 0 amide bonds. The lowest BCUT2D eigenvalue weighted by Crippen LogP contribution is -2.20. The van der Waals surface area contributed by atoms with Crippen molar-refractivity contribution in [1.29, 1.82) is 0 Å². The van der Waals surface area contributed by atoms with E-state index in [0.717, 1.165) is 35.9 Å². The normalized spacial score (nSPS) is 24.4. The minimum Gasteiger partial charge on any atom is -0.373 e. The summed E-state index contributed by atoms with van der Waals surface area (Å²) in [6, 6.07) is 9.83. The number of nitrogens with zero attached hydrogens (tertiary/aromatic N) is 2. The predicted octanol–water partition coefficient (Wildman–Crippen LogP) is 3.31. The number of benzene rings is 1. The minimum absolute atomic E-state index is 0.0602. The van der Waals surface area contributed by atoms with Crippen molar-refractivity contribution in [1.82, 2.24) is 4.57 Å². The van der Waals surface area contributed by atoms with E-state index < -0.39 is 6.23 Å². The Morgan fingerprint density at radius 1 is 1.38 bits per heavy atom. The van der Waals surface area contributed by atoms with E-state index in [4.69, 9.17) is 0 Å². The Kier molecular flexibility index (Phi) is 3.68. The van der Waals surface area contributed by atoms with Gasteiger partial charge in [-0.05, 0) is 23.9 Å². The summed E-state index contributed by atoms with van der Waals surface area (Å²) in [7, 11) is 0. The van der Waals surface area contributed by atoms with Crippen LogP contribution in [0.1, 0.15) is 44.0 Å². The summed E-state index contributed by atoms with van der Waals surface area (Å²) in [6.07, 6.45) is 2.19. The molecule has 3 atom stereocenters. The quantitative estimate of drug-likeness (QED) is 0.678. The number of aliphatic hydroxyl groups excluding tert-OH is 1. The van der Waals surface area contributed by atoms with Gasteiger partial charge >= 0.3 is 0 Å². The molecule has 1 aliphatic rings. The van der Waals surface area contributed by atoms with Crippen molar-refractivity contribution < 1.29 is 10.0 Å². The molecule has 0 saturated heterocycles. The minimum atomic E-state index is -0.656. The molecule has 0 spiro atoms. The zero-order valence-corrected chi connectivity index (χ0v) is 12.1. The molecule has 2 aromatic rings. The second kappa shape index (κ2) is 5.48. The number of hydrogen-bond donors (Lipinski definition) is 1. The molecule has 3 rings (SSSR count). The third-order valence-electron chi connectivity index (χ3n) is 4.56. The largest absolute Gasteiger partial charge is 0.373 e. The van der Waals surface area contributed by atoms with E-state index in [0.29, 0.717) is 0 Å². The van der Waals surface area contributed by atoms with Crippen molar-refractivity contribution in [2.24, 2.45) is 5.92 Å². The predicted molar refractivity (Wildman–Crippen MR) is 80.8 cm³/mol. The van der Waals surface area contributed by atoms with E-state index in [1.165, 1.54) is 0 Å². The van der Waals surface area contributed by atoms with Crippen LogP contribution in [0.3, 0.4) is 0 Å². The molecule has 5 nitrogen and oxygen atoms in total. The highest BCUT2D eigenvalue weighted by Crippen LogP contribution is 2.46. The lowest BCUT2D eigenvalue weighted by Gasteiger charge is -2.20. The molecule has 0 fully saturated rings. The summed E-state index contributed by atoms with van der Waals surface area (Å²) in [5.41, 5.74) is 1.87. The molecule has 2 heterocycles. The average molecular weight is 288 g/mol. The number of unbranched alkanes of at least 4 members (excludes halogenated alkanes) is 1. The Balaban J connectivity index is 2.05. The topological polar surface area (TPSA) is 68.3 Å². The van der Waals surface area contributed by atoms with E-state index in [9.17, 15) is 15.2 Å². The van der Waals surface area contributed by atoms with Gasteiger partial charge in [0.1, 0.15) is 6.23 Å². The maximum atomic E-state index is 11.0. The highest BCUT2D eigenvalue weighted by molar-refractivity contribution is 5.82. The molecule has 1 aromatic heterocycles. The Morgan fingerprint density at radius 2 is 2.14 bits per heavy atom. The lowest BCUT2D eigenvalue weighted by molar-refractivity contribution is -0.485. The highest BCUT2D eigenvalue weighted by atomic mass is 16.6. The van der Waals surface area contributed by atoms with Crippen LogP contribution in [-0.2, 0) is 0 Å². The number of para-hydroxylation sites is 1. The third kappa shape index (κ3) is 2.31. The Labute approximate surface area is 123 Å². The lowest BCUT2D eigenvalue weighted by atomic mass is 9.87. The molecule has 0 unspecified atom stereocenters. The number of fused-ring (bicyclic) bond motifs is 3. The second-order valence-corrected chi connectivity index (χ2v) is 5.84. The van der Waals surface area contributed by atoms with Crippen LogP contribution in [0, 0.1) is 16.0 Å². The van der Waals surface area contributed by atoms with Gasteiger partial charge in [-0.15, -0.1) is 0 Å². The van der Waals surface area contributed by atoms with Crippen LogP contribution in [0.25, 0.3) is 10.9 Å². The van der Waals surface area contributed by atoms with Crippen molar-refractivity contribution >= 4 is 10.9 Å². The van der Waals surface area contributed by atoms with Gasteiger partial charge in [0.15, 0.2) is 0 Å². The van der Waals surface area contributed by atoms with Crippen LogP contribution >= 0.6 is 0 Å². The Morgan fingerprint density at radius 3 is 2.86 bits per heavy atom. The summed E-state index contributed by atoms with van der Waals surface area (Å²) in [4.78, 5) is 10.8. The van der Waals surface area contributed by atoms with E-state index in [2.05, 4.69) is 6.92 Å². The third-order valence-corrected chi connectivity index (χ3v) is 4.56. The molecular weight excluding hydrogens is 268 g/mol. The zero-order valence-electron chi connectivity index (χ0n) is 12.1. The van der Waals surface area contributed by atoms with Crippen LogP contribution in [-0.4, -0.2) is 21.1 Å². The van der Waals surface area contributed by atoms with Gasteiger partial charge in [0.25, 0.3) is 0 Å². The fourth-order valence-corrected chi connectivity index (χ4v) is 3.58. The molecule has 0 aliphatic carbocycles. The molecular formula is C16H20N2O3. The molecule has 0 saturated carbocycles. The maximum Gasteiger partial charge on any atom is 0.212 e. The van der Waals surface area contributed by atoms with Gasteiger partial charge in [-0.1, -0.05) is 38.0 Å². The first kappa shape index (κ1) is 14.1. The van der Waals surface area contributed by atoms with Crippen LogP contribution in [0.4, 0.5) is 0 Å². The first-order valence-electron chi connectivity index (χ1n) is 7.53. The van der Waals surface area contributed by atoms with Crippen molar-refractivity contribution in [3.05, 3.63) is 46.1 Å². The van der Waals surface area contributed by atoms with Crippen LogP contribution in [0.2, 0.25) is 0 Å². The summed E-state index contributed by atoms with van der Waals surface area (Å²) in [5.74, 6) is -0.260. The van der Waals surface area contributed by atoms with Gasteiger partial charge < -0.3 is 9.67 Å². The number of rotatable bonds is 5. The van der Waals surface area contributed by atoms with Gasteiger partial charge in [0, 0.05) is 16.5 Å². The Hall–Kier alpha value is -1.88. The van der Waals surface area contributed by atoms with Crippen molar-refractivity contribution in [3.8, 4) is 0 Å². The first-order chi connectivity index (χ1) is 10.1. The molecule has 0 radical (unpaired) electrons. The molecule has 112 valence electrons. The fourth-order valence-electron chi connectivity index (χ4n) is 3.58. The SMILES string of the molecule is CCCC[C@H]1[C@@H](C[N+](=O)[O-])c2cc3ccccc3n2[C@H]1O. The molecule has 0 bridgehead atoms. The van der Waals surface area contributed by atoms with Gasteiger partial charge in [0.05, 0.1) is 11.4 Å². The fraction of sp³-hybridized carbons (Fsp3) is 0.500. The summed E-state index contributed by atoms with van der Waals surface area (Å²) in [6.45, 7) is 1.99. The molecule has 21 heavy (non-hydrogen) atoms.